The van der Waals surface area contributed by atoms with E-state index in [-0.39, 0.29) is 11.8 Å². The first kappa shape index (κ1) is 13.3. The number of nitrogens with one attached hydrogen (secondary N) is 2. The van der Waals surface area contributed by atoms with Crippen molar-refractivity contribution < 1.29 is 14.7 Å². The lowest BCUT2D eigenvalue weighted by Gasteiger charge is -2.35. The van der Waals surface area contributed by atoms with Crippen molar-refractivity contribution in [1.29, 1.82) is 0 Å². The summed E-state index contributed by atoms with van der Waals surface area (Å²) >= 11 is 0. The van der Waals surface area contributed by atoms with Gasteiger partial charge in [-0.2, -0.15) is 0 Å². The summed E-state index contributed by atoms with van der Waals surface area (Å²) in [5.74, 6) is 0.420. The standard InChI is InChI=1S/C13H22N2O3/c1-9-4-6-13(18,7-5-9)8-14-12(17)10-2-3-11(16)15-10/h9-10,18H,2-8H2,1H3,(H,14,17)(H,15,16). The van der Waals surface area contributed by atoms with Gasteiger partial charge in [-0.25, -0.2) is 0 Å². The Morgan fingerprint density at radius 3 is 2.67 bits per heavy atom. The van der Waals surface area contributed by atoms with Crippen LogP contribution in [0.4, 0.5) is 0 Å². The van der Waals surface area contributed by atoms with Crippen LogP contribution in [0, 0.1) is 5.92 Å². The Morgan fingerprint density at radius 1 is 1.44 bits per heavy atom. The van der Waals surface area contributed by atoms with Crippen LogP contribution in [0.25, 0.3) is 0 Å². The molecule has 0 aromatic carbocycles. The van der Waals surface area contributed by atoms with Crippen molar-refractivity contribution in [2.24, 2.45) is 5.92 Å². The minimum atomic E-state index is -0.759. The molecule has 2 rings (SSSR count). The molecule has 18 heavy (non-hydrogen) atoms. The molecule has 2 aliphatic rings. The highest BCUT2D eigenvalue weighted by Crippen LogP contribution is 2.31. The molecule has 1 saturated heterocycles. The van der Waals surface area contributed by atoms with E-state index in [4.69, 9.17) is 0 Å². The summed E-state index contributed by atoms with van der Waals surface area (Å²) in [6.07, 6.45) is 4.47. The van der Waals surface area contributed by atoms with Crippen molar-refractivity contribution in [3.63, 3.8) is 0 Å². The second-order valence-corrected chi connectivity index (χ2v) is 5.78. The maximum Gasteiger partial charge on any atom is 0.242 e. The third kappa shape index (κ3) is 3.22. The molecule has 3 N–H and O–H groups in total. The lowest BCUT2D eigenvalue weighted by molar-refractivity contribution is -0.127. The summed E-state index contributed by atoms with van der Waals surface area (Å²) < 4.78 is 0. The predicted molar refractivity (Wildman–Crippen MR) is 66.8 cm³/mol. The molecule has 5 nitrogen and oxygen atoms in total. The van der Waals surface area contributed by atoms with Crippen LogP contribution < -0.4 is 10.6 Å². The Labute approximate surface area is 107 Å². The van der Waals surface area contributed by atoms with Crippen LogP contribution in [0.15, 0.2) is 0 Å². The predicted octanol–water partition coefficient (Wildman–Crippen LogP) is 0.322. The molecule has 2 amide bonds. The van der Waals surface area contributed by atoms with Gasteiger partial charge in [0.05, 0.1) is 5.60 Å². The third-order valence-corrected chi connectivity index (χ3v) is 4.11. The number of carbonyl (C=O) groups is 2. The molecule has 2 fully saturated rings. The summed E-state index contributed by atoms with van der Waals surface area (Å²) in [5.41, 5.74) is -0.759. The molecule has 1 unspecified atom stereocenters. The van der Waals surface area contributed by atoms with Crippen molar-refractivity contribution in [1.82, 2.24) is 10.6 Å². The Morgan fingerprint density at radius 2 is 2.11 bits per heavy atom. The van der Waals surface area contributed by atoms with Gasteiger partial charge in [0, 0.05) is 13.0 Å². The van der Waals surface area contributed by atoms with Crippen LogP contribution in [0.1, 0.15) is 45.4 Å². The fourth-order valence-electron chi connectivity index (χ4n) is 2.66. The Hall–Kier alpha value is -1.10. The molecule has 1 aliphatic carbocycles. The molecule has 1 saturated carbocycles. The second-order valence-electron chi connectivity index (χ2n) is 5.78. The normalized spacial score (nSPS) is 36.2. The Balaban J connectivity index is 1.77. The fourth-order valence-corrected chi connectivity index (χ4v) is 2.66. The smallest absolute Gasteiger partial charge is 0.242 e. The number of rotatable bonds is 3. The first-order chi connectivity index (χ1) is 8.48. The highest BCUT2D eigenvalue weighted by atomic mass is 16.3. The van der Waals surface area contributed by atoms with Crippen molar-refractivity contribution in [3.05, 3.63) is 0 Å². The summed E-state index contributed by atoms with van der Waals surface area (Å²) in [7, 11) is 0. The average molecular weight is 254 g/mol. The van der Waals surface area contributed by atoms with Gasteiger partial charge in [0.15, 0.2) is 0 Å². The Kier molecular flexibility index (Phi) is 3.90. The second kappa shape index (κ2) is 5.26. The van der Waals surface area contributed by atoms with E-state index in [1.165, 1.54) is 0 Å². The van der Waals surface area contributed by atoms with E-state index in [0.717, 1.165) is 25.7 Å². The molecule has 102 valence electrons. The molecular formula is C13H22N2O3. The molecular weight excluding hydrogens is 232 g/mol. The molecule has 1 atom stereocenters. The summed E-state index contributed by atoms with van der Waals surface area (Å²) in [6.45, 7) is 2.48. The van der Waals surface area contributed by atoms with Gasteiger partial charge in [-0.15, -0.1) is 0 Å². The SMILES string of the molecule is CC1CCC(O)(CNC(=O)C2CCC(=O)N2)CC1. The molecule has 5 heteroatoms. The zero-order chi connectivity index (χ0) is 13.2. The van der Waals surface area contributed by atoms with E-state index >= 15 is 0 Å². The molecule has 0 spiro atoms. The largest absolute Gasteiger partial charge is 0.388 e. The van der Waals surface area contributed by atoms with Crippen LogP contribution in [0.5, 0.6) is 0 Å². The van der Waals surface area contributed by atoms with Crippen LogP contribution >= 0.6 is 0 Å². The van der Waals surface area contributed by atoms with E-state index in [1.54, 1.807) is 0 Å². The topological polar surface area (TPSA) is 78.4 Å². The van der Waals surface area contributed by atoms with E-state index in [0.29, 0.717) is 25.3 Å². The molecule has 0 aromatic rings. The van der Waals surface area contributed by atoms with Gasteiger partial charge in [0.2, 0.25) is 11.8 Å². The zero-order valence-corrected chi connectivity index (χ0v) is 10.9. The minimum Gasteiger partial charge on any atom is -0.388 e. The van der Waals surface area contributed by atoms with Gasteiger partial charge < -0.3 is 15.7 Å². The van der Waals surface area contributed by atoms with Crippen LogP contribution in [-0.2, 0) is 9.59 Å². The molecule has 0 bridgehead atoms. The maximum absolute atomic E-state index is 11.8. The highest BCUT2D eigenvalue weighted by Gasteiger charge is 2.34. The third-order valence-electron chi connectivity index (χ3n) is 4.11. The highest BCUT2D eigenvalue weighted by molar-refractivity contribution is 5.90. The van der Waals surface area contributed by atoms with Gasteiger partial charge in [0.25, 0.3) is 0 Å². The minimum absolute atomic E-state index is 0.0691. The monoisotopic (exact) mass is 254 g/mol. The molecule has 1 heterocycles. The van der Waals surface area contributed by atoms with Crippen molar-refractivity contribution in [2.45, 2.75) is 57.1 Å². The van der Waals surface area contributed by atoms with E-state index in [9.17, 15) is 14.7 Å². The molecule has 0 radical (unpaired) electrons. The van der Waals surface area contributed by atoms with E-state index < -0.39 is 11.6 Å². The van der Waals surface area contributed by atoms with Crippen LogP contribution in [-0.4, -0.2) is 35.1 Å². The number of amides is 2. The Bertz CT molecular complexity index is 335. The van der Waals surface area contributed by atoms with Crippen molar-refractivity contribution >= 4 is 11.8 Å². The first-order valence-corrected chi connectivity index (χ1v) is 6.78. The number of carbonyl (C=O) groups excluding carboxylic acids is 2. The summed E-state index contributed by atoms with van der Waals surface area (Å²) in [5, 5.41) is 15.7. The molecule has 0 aromatic heterocycles. The number of hydrogen-bond donors (Lipinski definition) is 3. The van der Waals surface area contributed by atoms with E-state index in [1.807, 2.05) is 0 Å². The van der Waals surface area contributed by atoms with Crippen LogP contribution in [0.3, 0.4) is 0 Å². The van der Waals surface area contributed by atoms with Crippen molar-refractivity contribution in [2.75, 3.05) is 6.54 Å². The van der Waals surface area contributed by atoms with Gasteiger partial charge in [-0.3, -0.25) is 9.59 Å². The first-order valence-electron chi connectivity index (χ1n) is 6.78. The van der Waals surface area contributed by atoms with Crippen molar-refractivity contribution in [3.8, 4) is 0 Å². The van der Waals surface area contributed by atoms with Gasteiger partial charge >= 0.3 is 0 Å². The lowest BCUT2D eigenvalue weighted by atomic mass is 9.79. The maximum atomic E-state index is 11.8. The summed E-state index contributed by atoms with van der Waals surface area (Å²) in [6, 6.07) is -0.413. The average Bonchev–Trinajstić information content (AvgIpc) is 2.77. The number of hydrogen-bond acceptors (Lipinski definition) is 3. The fraction of sp³-hybridized carbons (Fsp3) is 0.846. The quantitative estimate of drug-likeness (QED) is 0.679. The lowest BCUT2D eigenvalue weighted by Crippen LogP contribution is -2.49. The number of aliphatic hydroxyl groups is 1. The van der Waals surface area contributed by atoms with Crippen LogP contribution in [0.2, 0.25) is 0 Å². The van der Waals surface area contributed by atoms with Gasteiger partial charge in [-0.1, -0.05) is 6.92 Å². The van der Waals surface area contributed by atoms with Gasteiger partial charge in [0.1, 0.15) is 6.04 Å². The summed E-state index contributed by atoms with van der Waals surface area (Å²) in [4.78, 5) is 22.8. The van der Waals surface area contributed by atoms with Gasteiger partial charge in [-0.05, 0) is 38.0 Å². The molecule has 1 aliphatic heterocycles. The zero-order valence-electron chi connectivity index (χ0n) is 10.9. The van der Waals surface area contributed by atoms with E-state index in [2.05, 4.69) is 17.6 Å².